The maximum absolute atomic E-state index is 13.8. The van der Waals surface area contributed by atoms with Gasteiger partial charge in [-0.15, -0.1) is 0 Å². The summed E-state index contributed by atoms with van der Waals surface area (Å²) in [4.78, 5) is 14.6. The Balaban J connectivity index is 1.59. The molecule has 0 spiro atoms. The third-order valence-corrected chi connectivity index (χ3v) is 4.71. The van der Waals surface area contributed by atoms with E-state index in [1.165, 1.54) is 37.0 Å². The number of hydrogen-bond donors (Lipinski definition) is 1. The molecule has 0 saturated carbocycles. The maximum Gasteiger partial charge on any atom is 0.254 e. The van der Waals surface area contributed by atoms with Gasteiger partial charge in [-0.3, -0.25) is 9.69 Å². The molecule has 1 aliphatic heterocycles. The monoisotopic (exact) mass is 360 g/mol. The van der Waals surface area contributed by atoms with E-state index in [-0.39, 0.29) is 10.6 Å². The Kier molecular flexibility index (Phi) is 6.05. The zero-order valence-electron chi connectivity index (χ0n) is 14.1. The Morgan fingerprint density at radius 3 is 2.60 bits per heavy atom. The minimum atomic E-state index is -0.608. The summed E-state index contributed by atoms with van der Waals surface area (Å²) >= 11 is 5.72. The van der Waals surface area contributed by atoms with Crippen molar-refractivity contribution in [2.24, 2.45) is 0 Å². The molecule has 1 amide bonds. The normalized spacial score (nSPS) is 15.1. The van der Waals surface area contributed by atoms with E-state index in [4.69, 9.17) is 11.6 Å². The predicted molar refractivity (Wildman–Crippen MR) is 98.2 cm³/mol. The first-order valence-electron chi connectivity index (χ1n) is 8.65. The van der Waals surface area contributed by atoms with Crippen LogP contribution in [0, 0.1) is 5.82 Å². The number of amides is 1. The fourth-order valence-electron chi connectivity index (χ4n) is 3.16. The van der Waals surface area contributed by atoms with Crippen LogP contribution in [0.4, 0.5) is 4.39 Å². The number of benzene rings is 2. The number of rotatable bonds is 5. The first-order chi connectivity index (χ1) is 12.1. The fourth-order valence-corrected chi connectivity index (χ4v) is 3.32. The molecule has 1 saturated heterocycles. The highest BCUT2D eigenvalue weighted by Crippen LogP contribution is 2.16. The number of carbonyl (C=O) groups excluding carboxylic acids is 1. The van der Waals surface area contributed by atoms with E-state index in [1.807, 2.05) is 12.1 Å². The summed E-state index contributed by atoms with van der Waals surface area (Å²) in [7, 11) is 0. The maximum atomic E-state index is 13.8. The van der Waals surface area contributed by atoms with Crippen molar-refractivity contribution < 1.29 is 9.18 Å². The van der Waals surface area contributed by atoms with Crippen molar-refractivity contribution in [1.29, 1.82) is 0 Å². The van der Waals surface area contributed by atoms with E-state index >= 15 is 0 Å². The largest absolute Gasteiger partial charge is 0.348 e. The minimum Gasteiger partial charge on any atom is -0.348 e. The predicted octanol–water partition coefficient (Wildman–Crippen LogP) is 4.40. The molecule has 2 aromatic carbocycles. The van der Waals surface area contributed by atoms with Gasteiger partial charge < -0.3 is 5.32 Å². The Morgan fingerprint density at radius 2 is 1.84 bits per heavy atom. The van der Waals surface area contributed by atoms with Gasteiger partial charge in [-0.05, 0) is 55.3 Å². The summed E-state index contributed by atoms with van der Waals surface area (Å²) in [5, 5.41) is 3.05. The van der Waals surface area contributed by atoms with E-state index in [9.17, 15) is 9.18 Å². The third kappa shape index (κ3) is 5.03. The molecule has 3 rings (SSSR count). The van der Waals surface area contributed by atoms with Gasteiger partial charge in [-0.2, -0.15) is 0 Å². The van der Waals surface area contributed by atoms with Crippen molar-refractivity contribution in [3.8, 4) is 0 Å². The number of nitrogens with one attached hydrogen (secondary N) is 1. The van der Waals surface area contributed by atoms with Crippen molar-refractivity contribution in [2.75, 3.05) is 13.1 Å². The SMILES string of the molecule is O=C(NCc1cccc(CN2CCCCC2)c1)c1ccc(Cl)cc1F. The highest BCUT2D eigenvalue weighted by molar-refractivity contribution is 6.30. The van der Waals surface area contributed by atoms with Crippen molar-refractivity contribution in [2.45, 2.75) is 32.4 Å². The lowest BCUT2D eigenvalue weighted by molar-refractivity contribution is 0.0947. The first kappa shape index (κ1) is 17.9. The fraction of sp³-hybridized carbons (Fsp3) is 0.350. The van der Waals surface area contributed by atoms with Crippen LogP contribution in [0.5, 0.6) is 0 Å². The molecule has 1 heterocycles. The third-order valence-electron chi connectivity index (χ3n) is 4.48. The number of likely N-dealkylation sites (tertiary alicyclic amines) is 1. The summed E-state index contributed by atoms with van der Waals surface area (Å²) in [6.45, 7) is 3.61. The molecule has 132 valence electrons. The lowest BCUT2D eigenvalue weighted by Gasteiger charge is -2.26. The summed E-state index contributed by atoms with van der Waals surface area (Å²) in [6.07, 6.45) is 3.86. The number of hydrogen-bond acceptors (Lipinski definition) is 2. The van der Waals surface area contributed by atoms with Crippen molar-refractivity contribution in [3.05, 3.63) is 70.0 Å². The van der Waals surface area contributed by atoms with Crippen LogP contribution in [-0.4, -0.2) is 23.9 Å². The lowest BCUT2D eigenvalue weighted by Crippen LogP contribution is -2.29. The molecule has 0 unspecified atom stereocenters. The number of piperidine rings is 1. The van der Waals surface area contributed by atoms with Crippen LogP contribution in [0.25, 0.3) is 0 Å². The lowest BCUT2D eigenvalue weighted by atomic mass is 10.1. The quantitative estimate of drug-likeness (QED) is 0.857. The van der Waals surface area contributed by atoms with Gasteiger partial charge in [-0.25, -0.2) is 4.39 Å². The molecule has 25 heavy (non-hydrogen) atoms. The molecular weight excluding hydrogens is 339 g/mol. The first-order valence-corrected chi connectivity index (χ1v) is 9.03. The zero-order valence-corrected chi connectivity index (χ0v) is 14.9. The molecule has 1 fully saturated rings. The smallest absolute Gasteiger partial charge is 0.254 e. The molecule has 0 atom stereocenters. The molecular formula is C20H22ClFN2O. The minimum absolute atomic E-state index is 0.00821. The van der Waals surface area contributed by atoms with E-state index in [2.05, 4.69) is 22.3 Å². The second kappa shape index (κ2) is 8.45. The van der Waals surface area contributed by atoms with Crippen LogP contribution in [0.3, 0.4) is 0 Å². The zero-order chi connectivity index (χ0) is 17.6. The summed E-state index contributed by atoms with van der Waals surface area (Å²) in [5.41, 5.74) is 2.26. The van der Waals surface area contributed by atoms with Gasteiger partial charge in [0.1, 0.15) is 5.82 Å². The van der Waals surface area contributed by atoms with Crippen LogP contribution in [0.2, 0.25) is 5.02 Å². The molecule has 5 heteroatoms. The Bertz CT molecular complexity index is 744. The van der Waals surface area contributed by atoms with Crippen LogP contribution in [-0.2, 0) is 13.1 Å². The van der Waals surface area contributed by atoms with E-state index in [0.29, 0.717) is 6.54 Å². The second-order valence-corrected chi connectivity index (χ2v) is 6.90. The van der Waals surface area contributed by atoms with E-state index in [0.717, 1.165) is 31.3 Å². The van der Waals surface area contributed by atoms with Crippen molar-refractivity contribution in [1.82, 2.24) is 10.2 Å². The highest BCUT2D eigenvalue weighted by Gasteiger charge is 2.13. The van der Waals surface area contributed by atoms with Crippen molar-refractivity contribution >= 4 is 17.5 Å². The van der Waals surface area contributed by atoms with Gasteiger partial charge in [0.25, 0.3) is 5.91 Å². The van der Waals surface area contributed by atoms with Crippen LogP contribution in [0.15, 0.2) is 42.5 Å². The average molecular weight is 361 g/mol. The molecule has 1 N–H and O–H groups in total. The molecule has 0 aliphatic carbocycles. The van der Waals surface area contributed by atoms with Gasteiger partial charge in [0.15, 0.2) is 0 Å². The van der Waals surface area contributed by atoms with Gasteiger partial charge in [-0.1, -0.05) is 42.3 Å². The molecule has 0 aromatic heterocycles. The number of halogens is 2. The Hall–Kier alpha value is -1.91. The van der Waals surface area contributed by atoms with Gasteiger partial charge in [0.05, 0.1) is 5.56 Å². The van der Waals surface area contributed by atoms with Crippen LogP contribution in [0.1, 0.15) is 40.7 Å². The Labute approximate surface area is 152 Å². The second-order valence-electron chi connectivity index (χ2n) is 6.46. The average Bonchev–Trinajstić information content (AvgIpc) is 2.61. The Morgan fingerprint density at radius 1 is 1.08 bits per heavy atom. The van der Waals surface area contributed by atoms with Crippen LogP contribution >= 0.6 is 11.6 Å². The molecule has 0 bridgehead atoms. The highest BCUT2D eigenvalue weighted by atomic mass is 35.5. The van der Waals surface area contributed by atoms with Crippen molar-refractivity contribution in [3.63, 3.8) is 0 Å². The van der Waals surface area contributed by atoms with Gasteiger partial charge in [0, 0.05) is 18.1 Å². The summed E-state index contributed by atoms with van der Waals surface area (Å²) < 4.78 is 13.8. The van der Waals surface area contributed by atoms with Crippen LogP contribution < -0.4 is 5.32 Å². The molecule has 3 nitrogen and oxygen atoms in total. The van der Waals surface area contributed by atoms with Gasteiger partial charge in [0.2, 0.25) is 0 Å². The topological polar surface area (TPSA) is 32.3 Å². The molecule has 0 radical (unpaired) electrons. The van der Waals surface area contributed by atoms with Gasteiger partial charge >= 0.3 is 0 Å². The standard InChI is InChI=1S/C20H22ClFN2O/c21-17-7-8-18(19(22)12-17)20(25)23-13-15-5-4-6-16(11-15)14-24-9-2-1-3-10-24/h4-8,11-12H,1-3,9-10,13-14H2,(H,23,25). The number of nitrogens with zero attached hydrogens (tertiary/aromatic N) is 1. The molecule has 1 aliphatic rings. The summed E-state index contributed by atoms with van der Waals surface area (Å²) in [6, 6.07) is 12.3. The number of carbonyl (C=O) groups is 1. The van der Waals surface area contributed by atoms with E-state index < -0.39 is 11.7 Å². The van der Waals surface area contributed by atoms with E-state index in [1.54, 1.807) is 0 Å². The summed E-state index contributed by atoms with van der Waals surface area (Å²) in [5.74, 6) is -1.04. The molecule has 2 aromatic rings.